The molecule has 1 fully saturated rings. The van der Waals surface area contributed by atoms with E-state index in [1.807, 2.05) is 0 Å². The average molecular weight is 293 g/mol. The molecule has 1 saturated carbocycles. The van der Waals surface area contributed by atoms with Crippen molar-refractivity contribution in [3.05, 3.63) is 24.3 Å². The number of methoxy groups -OCH3 is 1. The lowest BCUT2D eigenvalue weighted by atomic mass is 9.82. The number of hydrogen-bond donors (Lipinski definition) is 1. The molecule has 2 rings (SSSR count). The Hall–Kier alpha value is -1.75. The summed E-state index contributed by atoms with van der Waals surface area (Å²) >= 11 is 0. The minimum absolute atomic E-state index is 0.0489. The molecule has 0 aromatic heterocycles. The van der Waals surface area contributed by atoms with Crippen molar-refractivity contribution < 1.29 is 19.4 Å². The summed E-state index contributed by atoms with van der Waals surface area (Å²) in [5.74, 6) is 1.75. The molecule has 0 saturated heterocycles. The minimum atomic E-state index is -0.534. The lowest BCUT2D eigenvalue weighted by Gasteiger charge is -2.35. The maximum absolute atomic E-state index is 12.2. The van der Waals surface area contributed by atoms with Crippen LogP contribution in [0.2, 0.25) is 0 Å². The van der Waals surface area contributed by atoms with E-state index in [0.717, 1.165) is 18.6 Å². The second kappa shape index (κ2) is 6.80. The van der Waals surface area contributed by atoms with Gasteiger partial charge in [0, 0.05) is 13.6 Å². The molecule has 1 aliphatic carbocycles. The van der Waals surface area contributed by atoms with Gasteiger partial charge in [-0.2, -0.15) is 0 Å². The van der Waals surface area contributed by atoms with Gasteiger partial charge in [0.25, 0.3) is 5.91 Å². The fraction of sp³-hybridized carbons (Fsp3) is 0.562. The summed E-state index contributed by atoms with van der Waals surface area (Å²) < 4.78 is 10.7. The summed E-state index contributed by atoms with van der Waals surface area (Å²) in [7, 11) is 3.38. The van der Waals surface area contributed by atoms with Crippen LogP contribution in [0.5, 0.6) is 11.5 Å². The van der Waals surface area contributed by atoms with Gasteiger partial charge in [-0.3, -0.25) is 4.79 Å². The van der Waals surface area contributed by atoms with E-state index in [-0.39, 0.29) is 12.0 Å². The van der Waals surface area contributed by atoms with Gasteiger partial charge in [-0.05, 0) is 49.9 Å². The Morgan fingerprint density at radius 1 is 1.33 bits per heavy atom. The predicted molar refractivity (Wildman–Crippen MR) is 79.5 cm³/mol. The summed E-state index contributed by atoms with van der Waals surface area (Å²) in [6, 6.07) is 7.16. The average Bonchev–Trinajstić information content (AvgIpc) is 2.45. The highest BCUT2D eigenvalue weighted by Crippen LogP contribution is 2.27. The fourth-order valence-corrected chi connectivity index (χ4v) is 2.55. The number of aliphatic hydroxyl groups excluding tert-OH is 1. The van der Waals surface area contributed by atoms with Crippen LogP contribution in [0.4, 0.5) is 0 Å². The van der Waals surface area contributed by atoms with E-state index < -0.39 is 6.10 Å². The molecule has 1 aromatic carbocycles. The molecule has 1 amide bonds. The Kier molecular flexibility index (Phi) is 5.07. The third-order valence-electron chi connectivity index (χ3n) is 3.84. The van der Waals surface area contributed by atoms with Gasteiger partial charge in [0.15, 0.2) is 6.10 Å². The zero-order chi connectivity index (χ0) is 15.4. The molecule has 116 valence electrons. The molecule has 5 nitrogen and oxygen atoms in total. The van der Waals surface area contributed by atoms with Gasteiger partial charge in [0.1, 0.15) is 11.5 Å². The van der Waals surface area contributed by atoms with Gasteiger partial charge in [-0.25, -0.2) is 0 Å². The number of rotatable bonds is 6. The number of benzene rings is 1. The van der Waals surface area contributed by atoms with E-state index in [2.05, 4.69) is 0 Å². The second-order valence-corrected chi connectivity index (χ2v) is 5.65. The first kappa shape index (κ1) is 15.6. The summed E-state index contributed by atoms with van der Waals surface area (Å²) in [6.45, 7) is 2.42. The molecule has 1 unspecified atom stereocenters. The first-order valence-corrected chi connectivity index (χ1v) is 7.23. The predicted octanol–water partition coefficient (Wildman–Crippen LogP) is 1.69. The lowest BCUT2D eigenvalue weighted by Crippen LogP contribution is -2.44. The number of carbonyl (C=O) groups excluding carboxylic acids is 1. The molecular formula is C16H23NO4. The van der Waals surface area contributed by atoms with Gasteiger partial charge < -0.3 is 19.5 Å². The van der Waals surface area contributed by atoms with Crippen molar-refractivity contribution in [3.63, 3.8) is 0 Å². The third kappa shape index (κ3) is 4.11. The Morgan fingerprint density at radius 3 is 2.43 bits per heavy atom. The number of ether oxygens (including phenoxy) is 2. The second-order valence-electron chi connectivity index (χ2n) is 5.65. The van der Waals surface area contributed by atoms with Crippen LogP contribution in [-0.2, 0) is 4.79 Å². The summed E-state index contributed by atoms with van der Waals surface area (Å²) in [5.41, 5.74) is 0. The SMILES string of the molecule is COc1ccc(OC(C)C(=O)N(C)CC2CC(O)C2)cc1. The van der Waals surface area contributed by atoms with E-state index >= 15 is 0 Å². The van der Waals surface area contributed by atoms with Crippen LogP contribution >= 0.6 is 0 Å². The van der Waals surface area contributed by atoms with Gasteiger partial charge in [-0.15, -0.1) is 0 Å². The van der Waals surface area contributed by atoms with Crippen LogP contribution in [-0.4, -0.2) is 48.8 Å². The van der Waals surface area contributed by atoms with Crippen LogP contribution in [0.1, 0.15) is 19.8 Å². The standard InChI is InChI=1S/C16H23NO4/c1-11(21-15-6-4-14(20-3)5-7-15)16(19)17(2)10-12-8-13(18)9-12/h4-7,11-13,18H,8-10H2,1-3H3. The maximum Gasteiger partial charge on any atom is 0.263 e. The smallest absolute Gasteiger partial charge is 0.263 e. The summed E-state index contributed by atoms with van der Waals surface area (Å²) in [5, 5.41) is 9.28. The lowest BCUT2D eigenvalue weighted by molar-refractivity contribution is -0.138. The number of carbonyl (C=O) groups is 1. The monoisotopic (exact) mass is 293 g/mol. The number of hydrogen-bond acceptors (Lipinski definition) is 4. The zero-order valence-corrected chi connectivity index (χ0v) is 12.8. The van der Waals surface area contributed by atoms with Crippen LogP contribution in [0, 0.1) is 5.92 Å². The largest absolute Gasteiger partial charge is 0.497 e. The molecule has 21 heavy (non-hydrogen) atoms. The number of nitrogens with zero attached hydrogens (tertiary/aromatic N) is 1. The summed E-state index contributed by atoms with van der Waals surface area (Å²) in [4.78, 5) is 13.9. The van der Waals surface area contributed by atoms with Crippen molar-refractivity contribution in [1.29, 1.82) is 0 Å². The first-order chi connectivity index (χ1) is 9.99. The normalized spacial score (nSPS) is 22.1. The van der Waals surface area contributed by atoms with Crippen LogP contribution in [0.3, 0.4) is 0 Å². The number of amides is 1. The third-order valence-corrected chi connectivity index (χ3v) is 3.84. The molecule has 1 aliphatic rings. The van der Waals surface area contributed by atoms with Crippen molar-refractivity contribution in [2.24, 2.45) is 5.92 Å². The highest BCUT2D eigenvalue weighted by atomic mass is 16.5. The van der Waals surface area contributed by atoms with Crippen molar-refractivity contribution in [3.8, 4) is 11.5 Å². The molecular weight excluding hydrogens is 270 g/mol. The van der Waals surface area contributed by atoms with E-state index in [9.17, 15) is 9.90 Å². The molecule has 0 aliphatic heterocycles. The van der Waals surface area contributed by atoms with Crippen molar-refractivity contribution in [2.75, 3.05) is 20.7 Å². The topological polar surface area (TPSA) is 59.0 Å². The van der Waals surface area contributed by atoms with Gasteiger partial charge in [0.05, 0.1) is 13.2 Å². The highest BCUT2D eigenvalue weighted by Gasteiger charge is 2.30. The van der Waals surface area contributed by atoms with Crippen LogP contribution in [0.15, 0.2) is 24.3 Å². The van der Waals surface area contributed by atoms with Gasteiger partial charge in [-0.1, -0.05) is 0 Å². The van der Waals surface area contributed by atoms with E-state index in [4.69, 9.17) is 9.47 Å². The Balaban J connectivity index is 1.83. The molecule has 0 heterocycles. The molecule has 0 spiro atoms. The Bertz CT molecular complexity index is 468. The van der Waals surface area contributed by atoms with E-state index in [0.29, 0.717) is 18.2 Å². The molecule has 0 bridgehead atoms. The fourth-order valence-electron chi connectivity index (χ4n) is 2.55. The van der Waals surface area contributed by atoms with Crippen molar-refractivity contribution >= 4 is 5.91 Å². The Morgan fingerprint density at radius 2 is 1.90 bits per heavy atom. The molecule has 5 heteroatoms. The van der Waals surface area contributed by atoms with E-state index in [1.165, 1.54) is 0 Å². The zero-order valence-electron chi connectivity index (χ0n) is 12.8. The Labute approximate surface area is 125 Å². The highest BCUT2D eigenvalue weighted by molar-refractivity contribution is 5.80. The van der Waals surface area contributed by atoms with E-state index in [1.54, 1.807) is 50.2 Å². The maximum atomic E-state index is 12.2. The molecule has 1 atom stereocenters. The minimum Gasteiger partial charge on any atom is -0.497 e. The quantitative estimate of drug-likeness (QED) is 0.867. The number of likely N-dealkylation sites (N-methyl/N-ethyl adjacent to an activating group) is 1. The van der Waals surface area contributed by atoms with Crippen molar-refractivity contribution in [2.45, 2.75) is 32.0 Å². The van der Waals surface area contributed by atoms with Crippen molar-refractivity contribution in [1.82, 2.24) is 4.90 Å². The van der Waals surface area contributed by atoms with Gasteiger partial charge in [0.2, 0.25) is 0 Å². The molecule has 1 aromatic rings. The van der Waals surface area contributed by atoms with Crippen LogP contribution < -0.4 is 9.47 Å². The van der Waals surface area contributed by atoms with Gasteiger partial charge >= 0.3 is 0 Å². The molecule has 0 radical (unpaired) electrons. The number of aliphatic hydroxyl groups is 1. The van der Waals surface area contributed by atoms with Crippen LogP contribution in [0.25, 0.3) is 0 Å². The molecule has 1 N–H and O–H groups in total. The first-order valence-electron chi connectivity index (χ1n) is 7.23. The summed E-state index contributed by atoms with van der Waals surface area (Å²) in [6.07, 6.45) is 0.844.